The second kappa shape index (κ2) is 6.75. The van der Waals surface area contributed by atoms with Gasteiger partial charge in [0.05, 0.1) is 5.02 Å². The Morgan fingerprint density at radius 1 is 1.45 bits per heavy atom. The Morgan fingerprint density at radius 3 is 2.50 bits per heavy atom. The fourth-order valence-electron chi connectivity index (χ4n) is 2.14. The minimum atomic E-state index is -3.71. The molecule has 0 bridgehead atoms. The van der Waals surface area contributed by atoms with Gasteiger partial charge in [-0.2, -0.15) is 0 Å². The molecule has 0 spiro atoms. The lowest BCUT2D eigenvalue weighted by molar-refractivity contribution is 0.344. The van der Waals surface area contributed by atoms with Crippen molar-refractivity contribution >= 4 is 37.6 Å². The van der Waals surface area contributed by atoms with Crippen LogP contribution in [-0.2, 0) is 10.0 Å². The van der Waals surface area contributed by atoms with Gasteiger partial charge in [-0.1, -0.05) is 41.4 Å². The molecule has 0 aromatic heterocycles. The van der Waals surface area contributed by atoms with Crippen LogP contribution in [0.2, 0.25) is 5.02 Å². The van der Waals surface area contributed by atoms with Crippen molar-refractivity contribution in [3.05, 3.63) is 27.7 Å². The molecule has 7 heteroatoms. The molecule has 4 nitrogen and oxygen atoms in total. The Hall–Kier alpha value is -0.140. The lowest BCUT2D eigenvalue weighted by atomic mass is 9.92. The van der Waals surface area contributed by atoms with Crippen molar-refractivity contribution < 1.29 is 8.42 Å². The topological polar surface area (TPSA) is 72.2 Å². The normalized spacial score (nSPS) is 15.3. The third-order valence-electron chi connectivity index (χ3n) is 2.87. The van der Waals surface area contributed by atoms with Crippen LogP contribution < -0.4 is 10.5 Å². The number of nitrogens with one attached hydrogen (secondary N) is 1. The van der Waals surface area contributed by atoms with E-state index in [0.717, 1.165) is 4.47 Å². The molecular weight excluding hydrogens is 364 g/mol. The molecule has 0 heterocycles. The Balaban J connectivity index is 3.10. The highest BCUT2D eigenvalue weighted by molar-refractivity contribution is 9.10. The number of rotatable bonds is 6. The highest BCUT2D eigenvalue weighted by atomic mass is 79.9. The number of hydrogen-bond donors (Lipinski definition) is 2. The van der Waals surface area contributed by atoms with Crippen LogP contribution in [-0.4, -0.2) is 20.5 Å². The lowest BCUT2D eigenvalue weighted by Gasteiger charge is -2.30. The van der Waals surface area contributed by atoms with Gasteiger partial charge in [0.1, 0.15) is 4.90 Å². The van der Waals surface area contributed by atoms with E-state index < -0.39 is 15.6 Å². The van der Waals surface area contributed by atoms with Crippen molar-refractivity contribution in [2.45, 2.75) is 37.6 Å². The first kappa shape index (κ1) is 17.9. The summed E-state index contributed by atoms with van der Waals surface area (Å²) in [5.74, 6) is 0.326. The third-order valence-corrected chi connectivity index (χ3v) is 5.49. The van der Waals surface area contributed by atoms with E-state index in [4.69, 9.17) is 17.3 Å². The van der Waals surface area contributed by atoms with E-state index in [1.165, 1.54) is 6.07 Å². The van der Waals surface area contributed by atoms with E-state index in [-0.39, 0.29) is 16.5 Å². The van der Waals surface area contributed by atoms with Crippen molar-refractivity contribution in [2.24, 2.45) is 11.7 Å². The molecule has 0 fully saturated rings. The molecule has 0 amide bonds. The fourth-order valence-corrected chi connectivity index (χ4v) is 4.61. The van der Waals surface area contributed by atoms with Gasteiger partial charge in [0.25, 0.3) is 0 Å². The van der Waals surface area contributed by atoms with Crippen molar-refractivity contribution in [1.82, 2.24) is 4.72 Å². The number of nitrogens with two attached hydrogens (primary N) is 1. The summed E-state index contributed by atoms with van der Waals surface area (Å²) < 4.78 is 28.3. The zero-order valence-electron chi connectivity index (χ0n) is 11.8. The van der Waals surface area contributed by atoms with Gasteiger partial charge in [-0.3, -0.25) is 0 Å². The summed E-state index contributed by atoms with van der Waals surface area (Å²) in [5.41, 5.74) is 5.04. The maximum Gasteiger partial charge on any atom is 0.242 e. The zero-order chi connectivity index (χ0) is 15.6. The lowest BCUT2D eigenvalue weighted by Crippen LogP contribution is -2.52. The molecule has 1 unspecified atom stereocenters. The van der Waals surface area contributed by atoms with Gasteiger partial charge in [0.15, 0.2) is 0 Å². The molecular formula is C13H20BrClN2O2S. The molecule has 1 aromatic carbocycles. The first-order chi connectivity index (χ1) is 9.09. The number of benzene rings is 1. The van der Waals surface area contributed by atoms with E-state index in [1.54, 1.807) is 19.1 Å². The molecule has 20 heavy (non-hydrogen) atoms. The minimum Gasteiger partial charge on any atom is -0.329 e. The van der Waals surface area contributed by atoms with Crippen LogP contribution in [0.1, 0.15) is 27.2 Å². The van der Waals surface area contributed by atoms with Crippen LogP contribution >= 0.6 is 27.5 Å². The quantitative estimate of drug-likeness (QED) is 0.792. The second-order valence-electron chi connectivity index (χ2n) is 5.54. The average Bonchev–Trinajstić information content (AvgIpc) is 2.26. The van der Waals surface area contributed by atoms with E-state index in [2.05, 4.69) is 20.7 Å². The van der Waals surface area contributed by atoms with Crippen LogP contribution in [0.5, 0.6) is 0 Å². The molecule has 1 atom stereocenters. The molecule has 0 saturated heterocycles. The van der Waals surface area contributed by atoms with Gasteiger partial charge < -0.3 is 5.73 Å². The summed E-state index contributed by atoms with van der Waals surface area (Å²) in [6.07, 6.45) is 0.650. The van der Waals surface area contributed by atoms with Crippen LogP contribution in [0.3, 0.4) is 0 Å². The molecule has 0 saturated carbocycles. The molecule has 1 aromatic rings. The van der Waals surface area contributed by atoms with Crippen molar-refractivity contribution in [3.8, 4) is 0 Å². The second-order valence-corrected chi connectivity index (χ2v) is 8.52. The van der Waals surface area contributed by atoms with Gasteiger partial charge >= 0.3 is 0 Å². The Kier molecular flexibility index (Phi) is 6.04. The average molecular weight is 384 g/mol. The van der Waals surface area contributed by atoms with Crippen molar-refractivity contribution in [2.75, 3.05) is 6.54 Å². The Morgan fingerprint density at radius 2 is 2.05 bits per heavy atom. The molecule has 1 rings (SSSR count). The predicted octanol–water partition coefficient (Wildman–Crippen LogP) is 3.14. The number of hydrogen-bond acceptors (Lipinski definition) is 3. The van der Waals surface area contributed by atoms with Crippen LogP contribution in [0.25, 0.3) is 0 Å². The van der Waals surface area contributed by atoms with E-state index in [0.29, 0.717) is 12.3 Å². The van der Waals surface area contributed by atoms with Gasteiger partial charge in [0, 0.05) is 16.6 Å². The Bertz CT molecular complexity index is 578. The smallest absolute Gasteiger partial charge is 0.242 e. The van der Waals surface area contributed by atoms with Gasteiger partial charge in [-0.05, 0) is 37.5 Å². The van der Waals surface area contributed by atoms with Gasteiger partial charge in [-0.25, -0.2) is 13.1 Å². The standard InChI is InChI=1S/C13H20BrClN2O2S/c1-9(2)7-13(3,8-16)17-20(18,19)12-5-4-10(14)6-11(12)15/h4-6,9,17H,7-8,16H2,1-3H3. The molecule has 0 aliphatic carbocycles. The molecule has 0 radical (unpaired) electrons. The van der Waals surface area contributed by atoms with Crippen molar-refractivity contribution in [1.29, 1.82) is 0 Å². The third kappa shape index (κ3) is 4.70. The summed E-state index contributed by atoms with van der Waals surface area (Å²) in [4.78, 5) is 0.0609. The van der Waals surface area contributed by atoms with Crippen LogP contribution in [0.15, 0.2) is 27.6 Å². The SMILES string of the molecule is CC(C)CC(C)(CN)NS(=O)(=O)c1ccc(Br)cc1Cl. The maximum atomic E-state index is 12.5. The monoisotopic (exact) mass is 382 g/mol. The first-order valence-corrected chi connectivity index (χ1v) is 8.94. The molecule has 0 aliphatic heterocycles. The summed E-state index contributed by atoms with van der Waals surface area (Å²) in [6.45, 7) is 6.07. The van der Waals surface area contributed by atoms with E-state index >= 15 is 0 Å². The van der Waals surface area contributed by atoms with Gasteiger partial charge in [0.2, 0.25) is 10.0 Å². The summed E-state index contributed by atoms with van der Waals surface area (Å²) in [7, 11) is -3.71. The van der Waals surface area contributed by atoms with E-state index in [1.807, 2.05) is 13.8 Å². The molecule has 3 N–H and O–H groups in total. The summed E-state index contributed by atoms with van der Waals surface area (Å²) >= 11 is 9.26. The number of halogens is 2. The summed E-state index contributed by atoms with van der Waals surface area (Å²) in [5, 5.41) is 0.177. The van der Waals surface area contributed by atoms with Crippen LogP contribution in [0, 0.1) is 5.92 Å². The highest BCUT2D eigenvalue weighted by Gasteiger charge is 2.31. The zero-order valence-corrected chi connectivity index (χ0v) is 14.9. The largest absolute Gasteiger partial charge is 0.329 e. The minimum absolute atomic E-state index is 0.0609. The van der Waals surface area contributed by atoms with Crippen molar-refractivity contribution in [3.63, 3.8) is 0 Å². The maximum absolute atomic E-state index is 12.5. The van der Waals surface area contributed by atoms with Gasteiger partial charge in [-0.15, -0.1) is 0 Å². The fraction of sp³-hybridized carbons (Fsp3) is 0.538. The number of sulfonamides is 1. The Labute approximate surface area is 134 Å². The molecule has 114 valence electrons. The highest BCUT2D eigenvalue weighted by Crippen LogP contribution is 2.27. The molecule has 0 aliphatic rings. The summed E-state index contributed by atoms with van der Waals surface area (Å²) in [6, 6.07) is 4.67. The predicted molar refractivity (Wildman–Crippen MR) is 86.4 cm³/mol. The van der Waals surface area contributed by atoms with E-state index in [9.17, 15) is 8.42 Å². The van der Waals surface area contributed by atoms with Crippen LogP contribution in [0.4, 0.5) is 0 Å². The first-order valence-electron chi connectivity index (χ1n) is 6.29.